The van der Waals surface area contributed by atoms with Crippen LogP contribution in [0.5, 0.6) is 0 Å². The van der Waals surface area contributed by atoms with Crippen molar-refractivity contribution in [3.63, 3.8) is 0 Å². The van der Waals surface area contributed by atoms with E-state index in [-0.39, 0.29) is 5.91 Å². The summed E-state index contributed by atoms with van der Waals surface area (Å²) < 4.78 is 0. The number of hydrogen-bond donors (Lipinski definition) is 1. The normalized spacial score (nSPS) is 16.8. The lowest BCUT2D eigenvalue weighted by molar-refractivity contribution is -0.121. The van der Waals surface area contributed by atoms with E-state index in [0.29, 0.717) is 6.42 Å². The van der Waals surface area contributed by atoms with Gasteiger partial charge < -0.3 is 10.2 Å². The Morgan fingerprint density at radius 2 is 1.77 bits per heavy atom. The number of amides is 1. The summed E-state index contributed by atoms with van der Waals surface area (Å²) in [4.78, 5) is 13.8. The minimum atomic E-state index is 0.209. The second-order valence-corrected chi connectivity index (χ2v) is 7.98. The summed E-state index contributed by atoms with van der Waals surface area (Å²) >= 11 is 0. The number of carbonyl (C=O) groups is 1. The van der Waals surface area contributed by atoms with Gasteiger partial charge in [0, 0.05) is 13.0 Å². The molecule has 0 aromatic rings. The van der Waals surface area contributed by atoms with Crippen LogP contribution in [0.2, 0.25) is 0 Å². The zero-order chi connectivity index (χ0) is 18.9. The average molecular weight is 363 g/mol. The molecule has 0 fully saturated rings. The number of unbranched alkanes of at least 4 members (excludes halogenated alkanes) is 6. The Balaban J connectivity index is 1.78. The Labute approximate surface area is 162 Å². The molecule has 0 aromatic heterocycles. The molecule has 1 aliphatic rings. The first-order valence-electron chi connectivity index (χ1n) is 10.9. The molecule has 0 saturated carbocycles. The van der Waals surface area contributed by atoms with Crippen molar-refractivity contribution in [1.82, 2.24) is 10.2 Å². The Bertz CT molecular complexity index is 401. The maximum atomic E-state index is 11.7. The summed E-state index contributed by atoms with van der Waals surface area (Å²) in [6.07, 6.45) is 25.1. The summed E-state index contributed by atoms with van der Waals surface area (Å²) in [5, 5.41) is 3.00. The van der Waals surface area contributed by atoms with Gasteiger partial charge in [-0.3, -0.25) is 4.79 Å². The zero-order valence-electron chi connectivity index (χ0n) is 17.3. The fourth-order valence-electron chi connectivity index (χ4n) is 3.45. The standard InChI is InChI=1S/C23H42N2O/c1-25(2)21-15-20-24-23(26)19-12-10-8-6-4-3-5-7-9-11-16-22-17-13-14-18-22/h4,6,13,17,22H,3,5,7-12,14-16,18-21H2,1-2H3,(H,24,26)/b6-4+/t22-/m0/s1. The van der Waals surface area contributed by atoms with Crippen LogP contribution < -0.4 is 5.32 Å². The molecule has 1 atom stereocenters. The quantitative estimate of drug-likeness (QED) is 0.291. The zero-order valence-corrected chi connectivity index (χ0v) is 17.3. The molecule has 0 radical (unpaired) electrons. The second-order valence-electron chi connectivity index (χ2n) is 7.98. The van der Waals surface area contributed by atoms with Crippen molar-refractivity contribution in [2.75, 3.05) is 27.2 Å². The summed E-state index contributed by atoms with van der Waals surface area (Å²) in [6, 6.07) is 0. The fourth-order valence-corrected chi connectivity index (χ4v) is 3.45. The molecule has 1 rings (SSSR count). The van der Waals surface area contributed by atoms with E-state index in [0.717, 1.165) is 44.7 Å². The van der Waals surface area contributed by atoms with Crippen LogP contribution in [0.25, 0.3) is 0 Å². The molecule has 0 aromatic carbocycles. The van der Waals surface area contributed by atoms with Gasteiger partial charge in [0.2, 0.25) is 5.91 Å². The highest BCUT2D eigenvalue weighted by molar-refractivity contribution is 5.75. The summed E-state index contributed by atoms with van der Waals surface area (Å²) in [6.45, 7) is 1.83. The minimum Gasteiger partial charge on any atom is -0.356 e. The highest BCUT2D eigenvalue weighted by Crippen LogP contribution is 2.23. The van der Waals surface area contributed by atoms with Crippen molar-refractivity contribution in [2.24, 2.45) is 5.92 Å². The monoisotopic (exact) mass is 362 g/mol. The van der Waals surface area contributed by atoms with Gasteiger partial charge in [-0.05, 0) is 84.3 Å². The van der Waals surface area contributed by atoms with E-state index >= 15 is 0 Å². The van der Waals surface area contributed by atoms with Crippen LogP contribution in [-0.4, -0.2) is 38.0 Å². The lowest BCUT2D eigenvalue weighted by Gasteiger charge is -2.09. The van der Waals surface area contributed by atoms with Crippen molar-refractivity contribution >= 4 is 5.91 Å². The van der Waals surface area contributed by atoms with Crippen LogP contribution >= 0.6 is 0 Å². The summed E-state index contributed by atoms with van der Waals surface area (Å²) in [5.41, 5.74) is 0. The average Bonchev–Trinajstić information content (AvgIpc) is 3.13. The molecule has 0 saturated heterocycles. The Morgan fingerprint density at radius 3 is 2.46 bits per heavy atom. The molecule has 0 bridgehead atoms. The van der Waals surface area contributed by atoms with Gasteiger partial charge >= 0.3 is 0 Å². The largest absolute Gasteiger partial charge is 0.356 e. The maximum absolute atomic E-state index is 11.7. The van der Waals surface area contributed by atoms with E-state index in [1.165, 1.54) is 51.4 Å². The fraction of sp³-hybridized carbons (Fsp3) is 0.783. The highest BCUT2D eigenvalue weighted by atomic mass is 16.1. The summed E-state index contributed by atoms with van der Waals surface area (Å²) in [5.74, 6) is 1.09. The number of carbonyl (C=O) groups excluding carboxylic acids is 1. The SMILES string of the molecule is CN(C)CCCNC(=O)CCCC/C=C/CCCCCC[C@H]1C=CCC1. The van der Waals surface area contributed by atoms with Gasteiger partial charge in [0.25, 0.3) is 0 Å². The first-order valence-corrected chi connectivity index (χ1v) is 10.9. The molecule has 0 spiro atoms. The van der Waals surface area contributed by atoms with Gasteiger partial charge in [0.1, 0.15) is 0 Å². The van der Waals surface area contributed by atoms with E-state index < -0.39 is 0 Å². The van der Waals surface area contributed by atoms with Crippen molar-refractivity contribution in [2.45, 2.75) is 83.5 Å². The third-order valence-electron chi connectivity index (χ3n) is 5.10. The van der Waals surface area contributed by atoms with Gasteiger partial charge in [0.15, 0.2) is 0 Å². The minimum absolute atomic E-state index is 0.209. The molecule has 26 heavy (non-hydrogen) atoms. The molecule has 3 heteroatoms. The Hall–Kier alpha value is -1.09. The molecule has 0 heterocycles. The highest BCUT2D eigenvalue weighted by Gasteiger charge is 2.07. The lowest BCUT2D eigenvalue weighted by atomic mass is 10.00. The third-order valence-corrected chi connectivity index (χ3v) is 5.10. The van der Waals surface area contributed by atoms with Gasteiger partial charge in [-0.15, -0.1) is 0 Å². The second kappa shape index (κ2) is 16.1. The topological polar surface area (TPSA) is 32.3 Å². The molecule has 1 N–H and O–H groups in total. The predicted octanol–water partition coefficient (Wildman–Crippen LogP) is 5.48. The van der Waals surface area contributed by atoms with E-state index in [1.54, 1.807) is 0 Å². The number of nitrogens with zero attached hydrogens (tertiary/aromatic N) is 1. The van der Waals surface area contributed by atoms with Gasteiger partial charge in [-0.1, -0.05) is 43.6 Å². The molecule has 150 valence electrons. The summed E-state index contributed by atoms with van der Waals surface area (Å²) in [7, 11) is 4.12. The van der Waals surface area contributed by atoms with E-state index in [4.69, 9.17) is 0 Å². The van der Waals surface area contributed by atoms with Crippen LogP contribution in [0.1, 0.15) is 83.5 Å². The van der Waals surface area contributed by atoms with E-state index in [2.05, 4.69) is 48.6 Å². The van der Waals surface area contributed by atoms with Crippen LogP contribution in [0.4, 0.5) is 0 Å². The number of hydrogen-bond acceptors (Lipinski definition) is 2. The van der Waals surface area contributed by atoms with Crippen LogP contribution in [-0.2, 0) is 4.79 Å². The van der Waals surface area contributed by atoms with Crippen molar-refractivity contribution in [3.05, 3.63) is 24.3 Å². The van der Waals surface area contributed by atoms with Crippen LogP contribution in [0.15, 0.2) is 24.3 Å². The molecular weight excluding hydrogens is 320 g/mol. The molecular formula is C23H42N2O. The maximum Gasteiger partial charge on any atom is 0.219 e. The van der Waals surface area contributed by atoms with Gasteiger partial charge in [-0.25, -0.2) is 0 Å². The predicted molar refractivity (Wildman–Crippen MR) is 113 cm³/mol. The molecule has 1 aliphatic carbocycles. The van der Waals surface area contributed by atoms with Crippen molar-refractivity contribution in [1.29, 1.82) is 0 Å². The molecule has 0 unspecified atom stereocenters. The first kappa shape index (κ1) is 23.0. The number of rotatable bonds is 16. The Morgan fingerprint density at radius 1 is 1.04 bits per heavy atom. The molecule has 3 nitrogen and oxygen atoms in total. The smallest absolute Gasteiger partial charge is 0.219 e. The number of nitrogens with one attached hydrogen (secondary N) is 1. The third kappa shape index (κ3) is 14.1. The van der Waals surface area contributed by atoms with E-state index in [1.807, 2.05) is 0 Å². The lowest BCUT2D eigenvalue weighted by Crippen LogP contribution is -2.26. The molecule has 1 amide bonds. The number of allylic oxidation sites excluding steroid dienone is 4. The van der Waals surface area contributed by atoms with Crippen LogP contribution in [0, 0.1) is 5.92 Å². The Kier molecular flexibility index (Phi) is 14.2. The van der Waals surface area contributed by atoms with Crippen molar-refractivity contribution < 1.29 is 4.79 Å². The van der Waals surface area contributed by atoms with Crippen LogP contribution in [0.3, 0.4) is 0 Å². The van der Waals surface area contributed by atoms with Crippen molar-refractivity contribution in [3.8, 4) is 0 Å². The first-order chi connectivity index (χ1) is 12.7. The van der Waals surface area contributed by atoms with Gasteiger partial charge in [-0.2, -0.15) is 0 Å². The van der Waals surface area contributed by atoms with E-state index in [9.17, 15) is 4.79 Å². The van der Waals surface area contributed by atoms with Gasteiger partial charge in [0.05, 0.1) is 0 Å². The molecule has 0 aliphatic heterocycles.